The normalized spacial score (nSPS) is 14.4. The van der Waals surface area contributed by atoms with E-state index in [1.165, 1.54) is 41.5 Å². The van der Waals surface area contributed by atoms with E-state index in [1.54, 1.807) is 0 Å². The number of fused-ring (bicyclic) bond motifs is 3. The van der Waals surface area contributed by atoms with Gasteiger partial charge in [0.25, 0.3) is 0 Å². The number of benzene rings is 2. The van der Waals surface area contributed by atoms with Crippen LogP contribution in [0.4, 0.5) is 0 Å². The Kier molecular flexibility index (Phi) is 9.03. The Bertz CT molecular complexity index is 1260. The van der Waals surface area contributed by atoms with Gasteiger partial charge in [0.1, 0.15) is 11.2 Å². The molecule has 2 unspecified atom stereocenters. The molecule has 3 nitrogen and oxygen atoms in total. The van der Waals surface area contributed by atoms with Crippen molar-refractivity contribution in [1.82, 2.24) is 0 Å². The lowest BCUT2D eigenvalue weighted by atomic mass is 9.79. The first-order valence-corrected chi connectivity index (χ1v) is 15.3. The molecule has 0 saturated carbocycles. The Morgan fingerprint density at radius 3 is 1.78 bits per heavy atom. The van der Waals surface area contributed by atoms with Crippen LogP contribution in [0.2, 0.25) is 0 Å². The highest BCUT2D eigenvalue weighted by molar-refractivity contribution is 7.31. The molecule has 4 heteroatoms. The lowest BCUT2D eigenvalue weighted by Gasteiger charge is -2.26. The van der Waals surface area contributed by atoms with Crippen LogP contribution >= 0.6 is 8.24 Å². The number of hydrogen-bond donors (Lipinski definition) is 0. The molecule has 1 heterocycles. The molecule has 1 aromatic heterocycles. The molecule has 0 amide bonds. The minimum absolute atomic E-state index is 0.00783. The summed E-state index contributed by atoms with van der Waals surface area (Å²) in [6.45, 7) is 27.8. The maximum absolute atomic E-state index is 6.79. The predicted molar refractivity (Wildman–Crippen MR) is 162 cm³/mol. The van der Waals surface area contributed by atoms with Gasteiger partial charge < -0.3 is 8.39 Å². The lowest BCUT2D eigenvalue weighted by molar-refractivity contribution is 0.276. The molecule has 2 atom stereocenters. The van der Waals surface area contributed by atoms with E-state index in [1.807, 2.05) is 0 Å². The van der Waals surface area contributed by atoms with E-state index in [0.29, 0.717) is 12.5 Å². The van der Waals surface area contributed by atoms with Crippen LogP contribution in [0.1, 0.15) is 124 Å². The van der Waals surface area contributed by atoms with Crippen molar-refractivity contribution in [3.05, 3.63) is 46.5 Å². The minimum Gasteiger partial charge on any atom is -0.399 e. The molecule has 3 rings (SSSR count). The molecular weight excluding hydrogens is 475 g/mol. The maximum Gasteiger partial charge on any atom is 0.387 e. The van der Waals surface area contributed by atoms with Gasteiger partial charge in [0.2, 0.25) is 0 Å². The zero-order valence-corrected chi connectivity index (χ0v) is 26.5. The van der Waals surface area contributed by atoms with E-state index in [4.69, 9.17) is 12.9 Å². The van der Waals surface area contributed by atoms with Crippen molar-refractivity contribution in [2.75, 3.05) is 6.61 Å². The predicted octanol–water partition coefficient (Wildman–Crippen LogP) is 11.1. The molecule has 0 radical (unpaired) electrons. The summed E-state index contributed by atoms with van der Waals surface area (Å²) in [4.78, 5) is 0. The second-order valence-electron chi connectivity index (χ2n) is 14.0. The van der Waals surface area contributed by atoms with Crippen LogP contribution in [-0.2, 0) is 16.2 Å². The molecule has 37 heavy (non-hydrogen) atoms. The summed E-state index contributed by atoms with van der Waals surface area (Å²) in [7, 11) is -1.60. The van der Waals surface area contributed by atoms with Crippen molar-refractivity contribution in [1.29, 1.82) is 0 Å². The van der Waals surface area contributed by atoms with Crippen LogP contribution < -0.4 is 4.52 Å². The van der Waals surface area contributed by atoms with Gasteiger partial charge in [-0.1, -0.05) is 108 Å². The first kappa shape index (κ1) is 29.9. The molecular formula is C33H51O3P. The Morgan fingerprint density at radius 1 is 0.757 bits per heavy atom. The highest BCUT2D eigenvalue weighted by Crippen LogP contribution is 2.44. The van der Waals surface area contributed by atoms with Crippen LogP contribution in [-0.4, -0.2) is 6.61 Å². The Morgan fingerprint density at radius 2 is 1.30 bits per heavy atom. The maximum atomic E-state index is 6.79. The van der Waals surface area contributed by atoms with E-state index in [9.17, 15) is 0 Å². The molecule has 2 aromatic carbocycles. The Balaban J connectivity index is 2.46. The molecule has 0 aliphatic rings. The zero-order chi connectivity index (χ0) is 27.8. The second kappa shape index (κ2) is 11.2. The minimum atomic E-state index is -1.60. The van der Waals surface area contributed by atoms with Crippen molar-refractivity contribution in [3.63, 3.8) is 0 Å². The summed E-state index contributed by atoms with van der Waals surface area (Å²) in [5.41, 5.74) is 6.60. The van der Waals surface area contributed by atoms with E-state index < -0.39 is 8.24 Å². The van der Waals surface area contributed by atoms with Crippen molar-refractivity contribution in [2.24, 2.45) is 5.92 Å². The Labute approximate surface area is 227 Å². The third kappa shape index (κ3) is 7.04. The fourth-order valence-corrected chi connectivity index (χ4v) is 6.00. The number of rotatable bonds is 7. The lowest BCUT2D eigenvalue weighted by Crippen LogP contribution is -2.16. The fourth-order valence-electron chi connectivity index (χ4n) is 4.83. The molecule has 0 N–H and O–H groups in total. The van der Waals surface area contributed by atoms with Gasteiger partial charge >= 0.3 is 8.24 Å². The molecule has 3 aromatic rings. The molecule has 0 fully saturated rings. The highest BCUT2D eigenvalue weighted by atomic mass is 31.1. The van der Waals surface area contributed by atoms with Crippen LogP contribution in [0.25, 0.3) is 21.9 Å². The molecule has 0 saturated heterocycles. The van der Waals surface area contributed by atoms with Crippen LogP contribution in [0, 0.1) is 12.8 Å². The quantitative estimate of drug-likeness (QED) is 0.307. The third-order valence-electron chi connectivity index (χ3n) is 7.38. The molecule has 0 aliphatic heterocycles. The van der Waals surface area contributed by atoms with Gasteiger partial charge in [-0.3, -0.25) is 4.52 Å². The van der Waals surface area contributed by atoms with Gasteiger partial charge in [-0.15, -0.1) is 0 Å². The summed E-state index contributed by atoms with van der Waals surface area (Å²) in [5, 5.41) is 2.23. The summed E-state index contributed by atoms with van der Waals surface area (Å²) in [6, 6.07) is 9.20. The Hall–Kier alpha value is -1.70. The van der Waals surface area contributed by atoms with Crippen molar-refractivity contribution in [2.45, 2.75) is 125 Å². The summed E-state index contributed by atoms with van der Waals surface area (Å²) in [5.74, 6) is 0.516. The first-order chi connectivity index (χ1) is 17.1. The van der Waals surface area contributed by atoms with E-state index in [0.717, 1.165) is 28.4 Å². The second-order valence-corrected chi connectivity index (χ2v) is 15.0. The molecule has 0 bridgehead atoms. The third-order valence-corrected chi connectivity index (χ3v) is 8.41. The van der Waals surface area contributed by atoms with Gasteiger partial charge in [-0.2, -0.15) is 0 Å². The standard InChI is InChI=1S/C33H51O3P/c1-13-15-16-23(14-2)21-34-37-35-29-25(17-22(3)18-27(29)32(7,8)9)26-19-24(31(4,5)6)20-28(30(26)36-37)33(10,11)12/h17-20,23H,13-16,21H2,1-12H3. The monoisotopic (exact) mass is 526 g/mol. The van der Waals surface area contributed by atoms with Crippen molar-refractivity contribution >= 4 is 30.2 Å². The SMILES string of the molecule is CCCCC(CC)COp1oc2c(C(C)(C)C)cc(C)cc2c2cc(C(C)(C)C)cc(C(C)(C)C)c2o1. The van der Waals surface area contributed by atoms with Gasteiger partial charge in [-0.25, -0.2) is 0 Å². The summed E-state index contributed by atoms with van der Waals surface area (Å²) in [6.07, 6.45) is 4.71. The van der Waals surface area contributed by atoms with E-state index in [2.05, 4.69) is 107 Å². The van der Waals surface area contributed by atoms with Gasteiger partial charge in [-0.05, 0) is 58.8 Å². The van der Waals surface area contributed by atoms with E-state index >= 15 is 0 Å². The van der Waals surface area contributed by atoms with Crippen LogP contribution in [0.5, 0.6) is 0 Å². The van der Waals surface area contributed by atoms with Crippen molar-refractivity contribution in [3.8, 4) is 0 Å². The number of unbranched alkanes of at least 4 members (excludes halogenated alkanes) is 1. The average molecular weight is 527 g/mol. The van der Waals surface area contributed by atoms with Crippen LogP contribution in [0.3, 0.4) is 0 Å². The average Bonchev–Trinajstić information content (AvgIpc) is 2.92. The first-order valence-electron chi connectivity index (χ1n) is 14.2. The zero-order valence-electron chi connectivity index (χ0n) is 25.6. The van der Waals surface area contributed by atoms with E-state index in [-0.39, 0.29) is 16.2 Å². The molecule has 206 valence electrons. The van der Waals surface area contributed by atoms with Crippen LogP contribution in [0.15, 0.2) is 32.7 Å². The van der Waals surface area contributed by atoms with Crippen molar-refractivity contribution < 1.29 is 12.9 Å². The topological polar surface area (TPSA) is 35.5 Å². The number of aryl methyl sites for hydroxylation is 1. The smallest absolute Gasteiger partial charge is 0.387 e. The number of hydrogen-bond acceptors (Lipinski definition) is 3. The molecule has 0 spiro atoms. The van der Waals surface area contributed by atoms with Gasteiger partial charge in [0.05, 0.1) is 6.61 Å². The largest absolute Gasteiger partial charge is 0.399 e. The van der Waals surface area contributed by atoms with Gasteiger partial charge in [0.15, 0.2) is 0 Å². The summed E-state index contributed by atoms with van der Waals surface area (Å²) < 4.78 is 20.1. The molecule has 0 aliphatic carbocycles. The highest BCUT2D eigenvalue weighted by Gasteiger charge is 2.27. The summed E-state index contributed by atoms with van der Waals surface area (Å²) >= 11 is 0. The fraction of sp³-hybridized carbons (Fsp3) is 0.636. The van der Waals surface area contributed by atoms with Gasteiger partial charge in [0, 0.05) is 21.9 Å².